The molecule has 0 unspecified atom stereocenters. The number of carbonyl (C=O) groups excluding carboxylic acids is 1. The molecule has 0 heterocycles. The molecule has 2 rings (SSSR count). The largest absolute Gasteiger partial charge is 0.493 e. The second-order valence-corrected chi connectivity index (χ2v) is 5.21. The molecule has 0 saturated heterocycles. The van der Waals surface area contributed by atoms with Crippen molar-refractivity contribution in [1.29, 1.82) is 0 Å². The Balaban J connectivity index is 1.82. The lowest BCUT2D eigenvalue weighted by Gasteiger charge is -2.11. The monoisotopic (exact) mass is 329 g/mol. The van der Waals surface area contributed by atoms with Crippen molar-refractivity contribution in [3.05, 3.63) is 48.0 Å². The average molecular weight is 329 g/mol. The van der Waals surface area contributed by atoms with Gasteiger partial charge in [-0.15, -0.1) is 0 Å². The summed E-state index contributed by atoms with van der Waals surface area (Å²) in [6.45, 7) is 2.43. The summed E-state index contributed by atoms with van der Waals surface area (Å²) in [7, 11) is 3.13. The minimum absolute atomic E-state index is 0.118. The molecule has 0 fully saturated rings. The third kappa shape index (κ3) is 4.91. The van der Waals surface area contributed by atoms with Crippen LogP contribution in [-0.2, 0) is 11.2 Å². The molecule has 0 saturated carbocycles. The summed E-state index contributed by atoms with van der Waals surface area (Å²) in [6, 6.07) is 13.1. The van der Waals surface area contributed by atoms with E-state index >= 15 is 0 Å². The maximum atomic E-state index is 12.0. The lowest BCUT2D eigenvalue weighted by Crippen LogP contribution is -2.15. The van der Waals surface area contributed by atoms with Gasteiger partial charge >= 0.3 is 0 Å². The fourth-order valence-corrected chi connectivity index (χ4v) is 2.22. The van der Waals surface area contributed by atoms with Crippen LogP contribution in [0.5, 0.6) is 17.2 Å². The van der Waals surface area contributed by atoms with Crippen LogP contribution >= 0.6 is 0 Å². The number of hydrogen-bond acceptors (Lipinski definition) is 4. The Labute approximate surface area is 142 Å². The van der Waals surface area contributed by atoms with Gasteiger partial charge in [0, 0.05) is 11.8 Å². The lowest BCUT2D eigenvalue weighted by atomic mass is 10.2. The summed E-state index contributed by atoms with van der Waals surface area (Å²) in [4.78, 5) is 12.0. The normalized spacial score (nSPS) is 10.1. The first-order valence-electron chi connectivity index (χ1n) is 7.90. The first-order chi connectivity index (χ1) is 11.7. The highest BCUT2D eigenvalue weighted by molar-refractivity contribution is 5.91. The number of carbonyl (C=O) groups is 1. The van der Waals surface area contributed by atoms with Crippen molar-refractivity contribution >= 4 is 11.6 Å². The summed E-state index contributed by atoms with van der Waals surface area (Å²) < 4.78 is 16.0. The molecular weight excluding hydrogens is 306 g/mol. The first kappa shape index (κ1) is 17.7. The van der Waals surface area contributed by atoms with E-state index in [1.807, 2.05) is 24.3 Å². The van der Waals surface area contributed by atoms with E-state index in [1.54, 1.807) is 32.4 Å². The molecule has 128 valence electrons. The number of hydrogen-bond donors (Lipinski definition) is 1. The number of aryl methyl sites for hydroxylation is 1. The molecule has 1 N–H and O–H groups in total. The van der Waals surface area contributed by atoms with Gasteiger partial charge in [0.1, 0.15) is 5.75 Å². The number of anilines is 1. The Kier molecular flexibility index (Phi) is 6.49. The molecule has 0 aliphatic carbocycles. The zero-order chi connectivity index (χ0) is 17.4. The van der Waals surface area contributed by atoms with Gasteiger partial charge in [0.15, 0.2) is 11.5 Å². The van der Waals surface area contributed by atoms with Gasteiger partial charge in [-0.25, -0.2) is 0 Å². The van der Waals surface area contributed by atoms with Crippen LogP contribution in [0.2, 0.25) is 0 Å². The van der Waals surface area contributed by atoms with Gasteiger partial charge in [-0.3, -0.25) is 4.79 Å². The topological polar surface area (TPSA) is 56.8 Å². The van der Waals surface area contributed by atoms with Crippen LogP contribution in [-0.4, -0.2) is 26.7 Å². The minimum atomic E-state index is -0.118. The van der Waals surface area contributed by atoms with Gasteiger partial charge < -0.3 is 19.5 Å². The molecular formula is C19H23NO4. The average Bonchev–Trinajstić information content (AvgIpc) is 2.62. The molecule has 2 aromatic rings. The summed E-state index contributed by atoms with van der Waals surface area (Å²) >= 11 is 0. The minimum Gasteiger partial charge on any atom is -0.493 e. The van der Waals surface area contributed by atoms with Crippen molar-refractivity contribution in [3.63, 3.8) is 0 Å². The Hall–Kier alpha value is -2.69. The van der Waals surface area contributed by atoms with E-state index in [0.29, 0.717) is 23.8 Å². The van der Waals surface area contributed by atoms with Gasteiger partial charge in [0.2, 0.25) is 5.91 Å². The standard InChI is InChI=1S/C19H23NO4/c1-4-14-5-8-16(9-6-14)24-12-11-19(21)20-15-7-10-17(22-2)18(13-15)23-3/h5-10,13H,4,11-12H2,1-3H3,(H,20,21). The summed E-state index contributed by atoms with van der Waals surface area (Å²) in [5.74, 6) is 1.84. The maximum absolute atomic E-state index is 12.0. The highest BCUT2D eigenvalue weighted by Crippen LogP contribution is 2.29. The van der Waals surface area contributed by atoms with Gasteiger partial charge in [-0.2, -0.15) is 0 Å². The van der Waals surface area contributed by atoms with Crippen LogP contribution in [0.4, 0.5) is 5.69 Å². The summed E-state index contributed by atoms with van der Waals surface area (Å²) in [5, 5.41) is 2.82. The molecule has 0 radical (unpaired) electrons. The number of ether oxygens (including phenoxy) is 3. The number of rotatable bonds is 8. The van der Waals surface area contributed by atoms with E-state index in [-0.39, 0.29) is 12.3 Å². The molecule has 2 aromatic carbocycles. The highest BCUT2D eigenvalue weighted by atomic mass is 16.5. The van der Waals surface area contributed by atoms with Crippen LogP contribution in [0.15, 0.2) is 42.5 Å². The molecule has 0 bridgehead atoms. The molecule has 0 spiro atoms. The Bertz CT molecular complexity index is 668. The zero-order valence-electron chi connectivity index (χ0n) is 14.3. The molecule has 0 aliphatic rings. The smallest absolute Gasteiger partial charge is 0.227 e. The SMILES string of the molecule is CCc1ccc(OCCC(=O)Nc2ccc(OC)c(OC)c2)cc1. The van der Waals surface area contributed by atoms with Crippen LogP contribution in [0.3, 0.4) is 0 Å². The first-order valence-corrected chi connectivity index (χ1v) is 7.90. The predicted octanol–water partition coefficient (Wildman–Crippen LogP) is 3.67. The lowest BCUT2D eigenvalue weighted by molar-refractivity contribution is -0.116. The van der Waals surface area contributed by atoms with Crippen molar-refractivity contribution in [2.75, 3.05) is 26.1 Å². The van der Waals surface area contributed by atoms with E-state index in [0.717, 1.165) is 12.2 Å². The zero-order valence-corrected chi connectivity index (χ0v) is 14.3. The summed E-state index contributed by atoms with van der Waals surface area (Å²) in [5.41, 5.74) is 1.92. The Morgan fingerprint density at radius 2 is 1.71 bits per heavy atom. The van der Waals surface area contributed by atoms with Gasteiger partial charge in [0.05, 0.1) is 27.2 Å². The molecule has 0 aromatic heterocycles. The number of benzene rings is 2. The van der Waals surface area contributed by atoms with Gasteiger partial charge in [-0.05, 0) is 36.2 Å². The molecule has 0 atom stereocenters. The fraction of sp³-hybridized carbons (Fsp3) is 0.316. The van der Waals surface area contributed by atoms with Crippen molar-refractivity contribution < 1.29 is 19.0 Å². The molecule has 5 heteroatoms. The van der Waals surface area contributed by atoms with Crippen molar-refractivity contribution in [3.8, 4) is 17.2 Å². The third-order valence-corrected chi connectivity index (χ3v) is 3.60. The van der Waals surface area contributed by atoms with Crippen molar-refractivity contribution in [1.82, 2.24) is 0 Å². The van der Waals surface area contributed by atoms with Crippen molar-refractivity contribution in [2.45, 2.75) is 19.8 Å². The number of amides is 1. The predicted molar refractivity (Wildman–Crippen MR) is 94.1 cm³/mol. The van der Waals surface area contributed by atoms with Crippen LogP contribution in [0.25, 0.3) is 0 Å². The summed E-state index contributed by atoms with van der Waals surface area (Å²) in [6.07, 6.45) is 1.26. The molecule has 24 heavy (non-hydrogen) atoms. The molecule has 1 amide bonds. The maximum Gasteiger partial charge on any atom is 0.227 e. The van der Waals surface area contributed by atoms with Crippen molar-refractivity contribution in [2.24, 2.45) is 0 Å². The van der Waals surface area contributed by atoms with E-state index < -0.39 is 0 Å². The highest BCUT2D eigenvalue weighted by Gasteiger charge is 2.07. The fourth-order valence-electron chi connectivity index (χ4n) is 2.22. The van der Waals surface area contributed by atoms with Crippen LogP contribution in [0, 0.1) is 0 Å². The van der Waals surface area contributed by atoms with E-state index in [2.05, 4.69) is 12.2 Å². The Morgan fingerprint density at radius 1 is 1.00 bits per heavy atom. The van der Waals surface area contributed by atoms with Gasteiger partial charge in [0.25, 0.3) is 0 Å². The van der Waals surface area contributed by atoms with Crippen LogP contribution < -0.4 is 19.5 Å². The molecule has 0 aliphatic heterocycles. The number of nitrogens with one attached hydrogen (secondary N) is 1. The second kappa shape index (κ2) is 8.82. The van der Waals surface area contributed by atoms with E-state index in [1.165, 1.54) is 5.56 Å². The van der Waals surface area contributed by atoms with E-state index in [9.17, 15) is 4.79 Å². The van der Waals surface area contributed by atoms with Crippen LogP contribution in [0.1, 0.15) is 18.9 Å². The second-order valence-electron chi connectivity index (χ2n) is 5.21. The van der Waals surface area contributed by atoms with E-state index in [4.69, 9.17) is 14.2 Å². The number of methoxy groups -OCH3 is 2. The Morgan fingerprint density at radius 3 is 2.33 bits per heavy atom. The third-order valence-electron chi connectivity index (χ3n) is 3.60. The van der Waals surface area contributed by atoms with Gasteiger partial charge in [-0.1, -0.05) is 19.1 Å². The quantitative estimate of drug-likeness (QED) is 0.803. The molecule has 5 nitrogen and oxygen atoms in total.